The maximum absolute atomic E-state index is 12.8. The number of carbonyl (C=O) groups excluding carboxylic acids is 1. The van der Waals surface area contributed by atoms with Crippen molar-refractivity contribution in [3.63, 3.8) is 0 Å². The van der Waals surface area contributed by atoms with Crippen LogP contribution in [0, 0.1) is 13.8 Å². The normalized spacial score (nSPS) is 10.8. The molecular weight excluding hydrogens is 356 g/mol. The van der Waals surface area contributed by atoms with Gasteiger partial charge in [0.15, 0.2) is 12.4 Å². The van der Waals surface area contributed by atoms with Crippen LogP contribution in [0.1, 0.15) is 27.6 Å². The Morgan fingerprint density at radius 3 is 2.50 bits per heavy atom. The summed E-state index contributed by atoms with van der Waals surface area (Å²) in [6.07, 6.45) is 1.67. The monoisotopic (exact) mass is 374 g/mol. The molecule has 0 amide bonds. The standard InChI is InChI=1S/C21H18N4O3/c1-14-8-10-17(11-9-14)25-12-18(20(23-25)16-6-4-3-5-7-16)21(26)27-13-19-22-15(2)24-28-19/h3-12H,13H2,1-2H3. The Hall–Kier alpha value is -3.74. The van der Waals surface area contributed by atoms with Crippen molar-refractivity contribution in [2.24, 2.45) is 0 Å². The van der Waals surface area contributed by atoms with E-state index in [0.29, 0.717) is 17.1 Å². The first-order chi connectivity index (χ1) is 13.6. The topological polar surface area (TPSA) is 83.0 Å². The number of benzene rings is 2. The number of nitrogens with zero attached hydrogens (tertiary/aromatic N) is 4. The summed E-state index contributed by atoms with van der Waals surface area (Å²) < 4.78 is 12.0. The van der Waals surface area contributed by atoms with E-state index in [1.807, 2.05) is 61.5 Å². The van der Waals surface area contributed by atoms with Gasteiger partial charge in [-0.2, -0.15) is 10.1 Å². The van der Waals surface area contributed by atoms with Crippen LogP contribution in [0.3, 0.4) is 0 Å². The van der Waals surface area contributed by atoms with Gasteiger partial charge in [0.2, 0.25) is 0 Å². The Morgan fingerprint density at radius 2 is 1.82 bits per heavy atom. The molecule has 2 aromatic heterocycles. The minimum Gasteiger partial charge on any atom is -0.452 e. The molecule has 0 aliphatic rings. The zero-order valence-electron chi connectivity index (χ0n) is 15.5. The van der Waals surface area contributed by atoms with Gasteiger partial charge in [0.1, 0.15) is 11.3 Å². The maximum Gasteiger partial charge on any atom is 0.342 e. The summed E-state index contributed by atoms with van der Waals surface area (Å²) >= 11 is 0. The highest BCUT2D eigenvalue weighted by molar-refractivity contribution is 5.96. The van der Waals surface area contributed by atoms with Crippen LogP contribution in [0.5, 0.6) is 0 Å². The van der Waals surface area contributed by atoms with Crippen LogP contribution >= 0.6 is 0 Å². The highest BCUT2D eigenvalue weighted by Gasteiger charge is 2.20. The first-order valence-electron chi connectivity index (χ1n) is 8.78. The molecule has 0 fully saturated rings. The van der Waals surface area contributed by atoms with Crippen molar-refractivity contribution in [3.05, 3.63) is 83.6 Å². The second-order valence-corrected chi connectivity index (χ2v) is 6.35. The molecule has 4 rings (SSSR count). The van der Waals surface area contributed by atoms with Crippen molar-refractivity contribution < 1.29 is 14.1 Å². The third-order valence-electron chi connectivity index (χ3n) is 4.18. The minimum atomic E-state index is -0.506. The van der Waals surface area contributed by atoms with Gasteiger partial charge in [0, 0.05) is 11.8 Å². The fourth-order valence-corrected chi connectivity index (χ4v) is 2.77. The first kappa shape index (κ1) is 17.7. The number of ether oxygens (including phenoxy) is 1. The molecule has 2 aromatic carbocycles. The van der Waals surface area contributed by atoms with Crippen LogP contribution in [-0.4, -0.2) is 25.9 Å². The van der Waals surface area contributed by atoms with Gasteiger partial charge in [0.25, 0.3) is 5.89 Å². The van der Waals surface area contributed by atoms with Gasteiger partial charge >= 0.3 is 5.97 Å². The molecule has 0 aliphatic carbocycles. The Kier molecular flexibility index (Phi) is 4.72. The molecule has 0 radical (unpaired) electrons. The lowest BCUT2D eigenvalue weighted by Gasteiger charge is -2.02. The number of aromatic nitrogens is 4. The molecule has 0 atom stereocenters. The van der Waals surface area contributed by atoms with E-state index in [1.54, 1.807) is 17.8 Å². The summed E-state index contributed by atoms with van der Waals surface area (Å²) in [5.74, 6) is 0.231. The van der Waals surface area contributed by atoms with Gasteiger partial charge in [-0.15, -0.1) is 0 Å². The van der Waals surface area contributed by atoms with Crippen LogP contribution in [0.4, 0.5) is 0 Å². The van der Waals surface area contributed by atoms with E-state index in [-0.39, 0.29) is 12.5 Å². The molecule has 0 saturated heterocycles. The van der Waals surface area contributed by atoms with E-state index in [0.717, 1.165) is 16.8 Å². The molecule has 7 nitrogen and oxygen atoms in total. The first-order valence-corrected chi connectivity index (χ1v) is 8.78. The van der Waals surface area contributed by atoms with E-state index in [4.69, 9.17) is 9.26 Å². The summed E-state index contributed by atoms with van der Waals surface area (Å²) in [4.78, 5) is 16.8. The molecule has 140 valence electrons. The molecule has 4 aromatic rings. The van der Waals surface area contributed by atoms with Crippen LogP contribution in [0.25, 0.3) is 16.9 Å². The molecule has 7 heteroatoms. The number of carbonyl (C=O) groups is 1. The SMILES string of the molecule is Cc1ccc(-n2cc(C(=O)OCc3nc(C)no3)c(-c3ccccc3)n2)cc1. The Morgan fingerprint density at radius 1 is 1.07 bits per heavy atom. The predicted molar refractivity (Wildman–Crippen MR) is 102 cm³/mol. The fraction of sp³-hybridized carbons (Fsp3) is 0.143. The average Bonchev–Trinajstić information content (AvgIpc) is 3.34. The molecule has 0 bridgehead atoms. The molecular formula is C21H18N4O3. The number of aryl methyl sites for hydroxylation is 2. The highest BCUT2D eigenvalue weighted by Crippen LogP contribution is 2.24. The Balaban J connectivity index is 1.67. The zero-order chi connectivity index (χ0) is 19.5. The number of esters is 1. The summed E-state index contributed by atoms with van der Waals surface area (Å²) in [5.41, 5.74) is 3.74. The van der Waals surface area contributed by atoms with Crippen LogP contribution in [-0.2, 0) is 11.3 Å². The third kappa shape index (κ3) is 3.68. The molecule has 28 heavy (non-hydrogen) atoms. The lowest BCUT2D eigenvalue weighted by Crippen LogP contribution is -2.06. The van der Waals surface area contributed by atoms with E-state index >= 15 is 0 Å². The molecule has 0 N–H and O–H groups in total. The molecule has 0 spiro atoms. The Labute approximate surface area is 161 Å². The lowest BCUT2D eigenvalue weighted by molar-refractivity contribution is 0.0430. The number of rotatable bonds is 5. The maximum atomic E-state index is 12.8. The second-order valence-electron chi connectivity index (χ2n) is 6.35. The number of hydrogen-bond donors (Lipinski definition) is 0. The summed E-state index contributed by atoms with van der Waals surface area (Å²) in [6, 6.07) is 17.4. The fourth-order valence-electron chi connectivity index (χ4n) is 2.77. The van der Waals surface area contributed by atoms with Crippen molar-refractivity contribution >= 4 is 5.97 Å². The van der Waals surface area contributed by atoms with Crippen molar-refractivity contribution in [2.45, 2.75) is 20.5 Å². The summed E-state index contributed by atoms with van der Waals surface area (Å²) in [5, 5.41) is 8.31. The van der Waals surface area contributed by atoms with E-state index in [9.17, 15) is 4.79 Å². The highest BCUT2D eigenvalue weighted by atomic mass is 16.6. The van der Waals surface area contributed by atoms with Crippen LogP contribution < -0.4 is 0 Å². The number of hydrogen-bond acceptors (Lipinski definition) is 6. The van der Waals surface area contributed by atoms with Gasteiger partial charge in [-0.3, -0.25) is 0 Å². The molecule has 0 saturated carbocycles. The third-order valence-corrected chi connectivity index (χ3v) is 4.18. The van der Waals surface area contributed by atoms with E-state index < -0.39 is 5.97 Å². The lowest BCUT2D eigenvalue weighted by atomic mass is 10.1. The van der Waals surface area contributed by atoms with Crippen LogP contribution in [0.2, 0.25) is 0 Å². The van der Waals surface area contributed by atoms with Crippen molar-refractivity contribution in [2.75, 3.05) is 0 Å². The minimum absolute atomic E-state index is 0.0936. The predicted octanol–water partition coefficient (Wildman–Crippen LogP) is 3.90. The van der Waals surface area contributed by atoms with Gasteiger partial charge in [-0.05, 0) is 26.0 Å². The smallest absolute Gasteiger partial charge is 0.342 e. The quantitative estimate of drug-likeness (QED) is 0.493. The Bertz CT molecular complexity index is 1100. The van der Waals surface area contributed by atoms with E-state index in [2.05, 4.69) is 15.2 Å². The average molecular weight is 374 g/mol. The van der Waals surface area contributed by atoms with Crippen molar-refractivity contribution in [1.82, 2.24) is 19.9 Å². The molecule has 2 heterocycles. The molecule has 0 unspecified atom stereocenters. The largest absolute Gasteiger partial charge is 0.452 e. The van der Waals surface area contributed by atoms with Gasteiger partial charge in [-0.25, -0.2) is 9.48 Å². The van der Waals surface area contributed by atoms with E-state index in [1.165, 1.54) is 0 Å². The van der Waals surface area contributed by atoms with Crippen LogP contribution in [0.15, 0.2) is 65.3 Å². The zero-order valence-corrected chi connectivity index (χ0v) is 15.5. The summed E-state index contributed by atoms with van der Waals surface area (Å²) in [6.45, 7) is 3.63. The van der Waals surface area contributed by atoms with Gasteiger partial charge in [-0.1, -0.05) is 53.2 Å². The van der Waals surface area contributed by atoms with Gasteiger partial charge < -0.3 is 9.26 Å². The molecule has 0 aliphatic heterocycles. The van der Waals surface area contributed by atoms with Crippen molar-refractivity contribution in [1.29, 1.82) is 0 Å². The van der Waals surface area contributed by atoms with Crippen molar-refractivity contribution in [3.8, 4) is 16.9 Å². The summed E-state index contributed by atoms with van der Waals surface area (Å²) in [7, 11) is 0. The van der Waals surface area contributed by atoms with Gasteiger partial charge in [0.05, 0.1) is 5.69 Å². The second kappa shape index (κ2) is 7.48.